The Bertz CT molecular complexity index is 507. The van der Waals surface area contributed by atoms with Gasteiger partial charge in [-0.3, -0.25) is 4.79 Å². The monoisotopic (exact) mass is 219 g/mol. The van der Waals surface area contributed by atoms with Crippen LogP contribution < -0.4 is 5.73 Å². The first-order valence-corrected chi connectivity index (χ1v) is 5.08. The second-order valence-electron chi connectivity index (χ2n) is 3.70. The molecule has 0 saturated carbocycles. The smallest absolute Gasteiger partial charge is 0.320 e. The lowest BCUT2D eigenvalue weighted by molar-refractivity contribution is -0.138. The van der Waals surface area contributed by atoms with Crippen molar-refractivity contribution in [3.8, 4) is 0 Å². The topological polar surface area (TPSA) is 92.0 Å². The van der Waals surface area contributed by atoms with Gasteiger partial charge in [0.05, 0.1) is 0 Å². The third-order valence-corrected chi connectivity index (χ3v) is 2.58. The maximum absolute atomic E-state index is 10.6. The Morgan fingerprint density at radius 1 is 1.62 bits per heavy atom. The average molecular weight is 219 g/mol. The van der Waals surface area contributed by atoms with Crippen LogP contribution in [0.15, 0.2) is 24.5 Å². The molecular formula is C11H13N3O2. The molecule has 0 aliphatic rings. The quantitative estimate of drug-likeness (QED) is 0.712. The molecule has 0 aliphatic carbocycles. The molecule has 84 valence electrons. The highest BCUT2D eigenvalue weighted by atomic mass is 16.4. The van der Waals surface area contributed by atoms with E-state index < -0.39 is 12.0 Å². The summed E-state index contributed by atoms with van der Waals surface area (Å²) in [5.41, 5.74) is 7.33. The van der Waals surface area contributed by atoms with Gasteiger partial charge in [-0.2, -0.15) is 0 Å². The normalized spacial score (nSPS) is 12.8. The van der Waals surface area contributed by atoms with Gasteiger partial charge in [0.1, 0.15) is 11.7 Å². The van der Waals surface area contributed by atoms with Crippen LogP contribution in [0.3, 0.4) is 0 Å². The van der Waals surface area contributed by atoms with Crippen molar-refractivity contribution in [1.29, 1.82) is 0 Å². The fraction of sp³-hybridized carbons (Fsp3) is 0.273. The molecule has 2 rings (SSSR count). The van der Waals surface area contributed by atoms with Crippen LogP contribution in [0.25, 0.3) is 11.0 Å². The van der Waals surface area contributed by atoms with Crippen molar-refractivity contribution in [2.45, 2.75) is 18.9 Å². The van der Waals surface area contributed by atoms with E-state index in [4.69, 9.17) is 10.8 Å². The average Bonchev–Trinajstić information content (AvgIpc) is 2.69. The molecule has 0 aliphatic heterocycles. The molecule has 5 heteroatoms. The Morgan fingerprint density at radius 3 is 3.19 bits per heavy atom. The van der Waals surface area contributed by atoms with E-state index in [9.17, 15) is 4.79 Å². The summed E-state index contributed by atoms with van der Waals surface area (Å²) < 4.78 is 0. The number of carbonyl (C=O) groups is 1. The predicted octanol–water partition coefficient (Wildman–Crippen LogP) is 0.907. The summed E-state index contributed by atoms with van der Waals surface area (Å²) in [6.45, 7) is 0. The molecule has 0 amide bonds. The van der Waals surface area contributed by atoms with E-state index in [1.54, 1.807) is 6.20 Å². The van der Waals surface area contributed by atoms with Crippen molar-refractivity contribution in [3.63, 3.8) is 0 Å². The molecule has 0 spiro atoms. The number of nitrogens with one attached hydrogen (secondary N) is 1. The number of H-pyrrole nitrogens is 1. The largest absolute Gasteiger partial charge is 0.480 e. The molecule has 2 aromatic rings. The van der Waals surface area contributed by atoms with Crippen molar-refractivity contribution < 1.29 is 9.90 Å². The van der Waals surface area contributed by atoms with E-state index in [1.165, 1.54) is 0 Å². The zero-order chi connectivity index (χ0) is 11.5. The first-order valence-electron chi connectivity index (χ1n) is 5.08. The molecule has 0 bridgehead atoms. The minimum Gasteiger partial charge on any atom is -0.480 e. The van der Waals surface area contributed by atoms with Gasteiger partial charge in [-0.1, -0.05) is 0 Å². The van der Waals surface area contributed by atoms with Crippen LogP contribution in [0.5, 0.6) is 0 Å². The molecule has 0 radical (unpaired) electrons. The number of aryl methyl sites for hydroxylation is 1. The molecule has 1 atom stereocenters. The van der Waals surface area contributed by atoms with Gasteiger partial charge in [-0.15, -0.1) is 0 Å². The van der Waals surface area contributed by atoms with E-state index in [2.05, 4.69) is 9.97 Å². The Morgan fingerprint density at radius 2 is 2.44 bits per heavy atom. The predicted molar refractivity (Wildman–Crippen MR) is 60.0 cm³/mol. The standard InChI is InChI=1S/C11H13N3O2/c12-9(11(15)16)4-3-7-6-14-10-8(7)2-1-5-13-10/h1-2,5-6,9H,3-4,12H2,(H,13,14)(H,15,16)/t9-/m0/s1. The highest BCUT2D eigenvalue weighted by Gasteiger charge is 2.12. The molecule has 0 fully saturated rings. The van der Waals surface area contributed by atoms with Crippen LogP contribution in [0.2, 0.25) is 0 Å². The summed E-state index contributed by atoms with van der Waals surface area (Å²) in [6.07, 6.45) is 4.63. The summed E-state index contributed by atoms with van der Waals surface area (Å²) >= 11 is 0. The maximum atomic E-state index is 10.6. The molecule has 2 heterocycles. The number of hydrogen-bond acceptors (Lipinski definition) is 3. The number of hydrogen-bond donors (Lipinski definition) is 3. The van der Waals surface area contributed by atoms with E-state index in [0.29, 0.717) is 12.8 Å². The molecule has 0 unspecified atom stereocenters. The van der Waals surface area contributed by atoms with Crippen LogP contribution in [0.1, 0.15) is 12.0 Å². The minimum absolute atomic E-state index is 0.428. The fourth-order valence-electron chi connectivity index (χ4n) is 1.65. The SMILES string of the molecule is N[C@@H](CCc1c[nH]c2ncccc12)C(=O)O. The number of pyridine rings is 1. The number of rotatable bonds is 4. The van der Waals surface area contributed by atoms with Gasteiger partial charge in [0.25, 0.3) is 0 Å². The third-order valence-electron chi connectivity index (χ3n) is 2.58. The molecule has 5 nitrogen and oxygen atoms in total. The van der Waals surface area contributed by atoms with Gasteiger partial charge in [0.15, 0.2) is 0 Å². The van der Waals surface area contributed by atoms with Crippen LogP contribution >= 0.6 is 0 Å². The number of nitrogens with zero attached hydrogens (tertiary/aromatic N) is 1. The zero-order valence-electron chi connectivity index (χ0n) is 8.68. The molecule has 2 aromatic heterocycles. The Hall–Kier alpha value is -1.88. The first-order chi connectivity index (χ1) is 7.68. The third kappa shape index (κ3) is 2.04. The van der Waals surface area contributed by atoms with Crippen molar-refractivity contribution >= 4 is 17.0 Å². The number of aliphatic carboxylic acids is 1. The highest BCUT2D eigenvalue weighted by Crippen LogP contribution is 2.17. The molecule has 0 aromatic carbocycles. The minimum atomic E-state index is -0.960. The Labute approximate surface area is 92.3 Å². The lowest BCUT2D eigenvalue weighted by Gasteiger charge is -2.04. The fourth-order valence-corrected chi connectivity index (χ4v) is 1.65. The van der Waals surface area contributed by atoms with E-state index in [0.717, 1.165) is 16.6 Å². The molecular weight excluding hydrogens is 206 g/mol. The van der Waals surface area contributed by atoms with Crippen LogP contribution in [0.4, 0.5) is 0 Å². The number of aromatic amines is 1. The summed E-state index contributed by atoms with van der Waals surface area (Å²) in [4.78, 5) is 17.8. The number of carboxylic acids is 1. The first kappa shape index (κ1) is 10.6. The Kier molecular flexibility index (Phi) is 2.87. The molecule has 0 saturated heterocycles. The second kappa shape index (κ2) is 4.32. The Balaban J connectivity index is 2.13. The van der Waals surface area contributed by atoms with Gasteiger partial charge in [0, 0.05) is 17.8 Å². The van der Waals surface area contributed by atoms with Gasteiger partial charge in [-0.25, -0.2) is 4.98 Å². The van der Waals surface area contributed by atoms with E-state index in [-0.39, 0.29) is 0 Å². The highest BCUT2D eigenvalue weighted by molar-refractivity contribution is 5.79. The van der Waals surface area contributed by atoms with Crippen molar-refractivity contribution in [3.05, 3.63) is 30.1 Å². The number of nitrogens with two attached hydrogens (primary N) is 1. The van der Waals surface area contributed by atoms with Gasteiger partial charge in [0.2, 0.25) is 0 Å². The van der Waals surface area contributed by atoms with Gasteiger partial charge >= 0.3 is 5.97 Å². The number of carboxylic acid groups (broad SMARTS) is 1. The lowest BCUT2D eigenvalue weighted by Crippen LogP contribution is -2.30. The molecule has 16 heavy (non-hydrogen) atoms. The van der Waals surface area contributed by atoms with Crippen molar-refractivity contribution in [2.24, 2.45) is 5.73 Å². The summed E-state index contributed by atoms with van der Waals surface area (Å²) in [7, 11) is 0. The van der Waals surface area contributed by atoms with E-state index in [1.807, 2.05) is 18.3 Å². The van der Waals surface area contributed by atoms with E-state index >= 15 is 0 Å². The van der Waals surface area contributed by atoms with Crippen molar-refractivity contribution in [2.75, 3.05) is 0 Å². The van der Waals surface area contributed by atoms with Gasteiger partial charge in [-0.05, 0) is 30.5 Å². The van der Waals surface area contributed by atoms with Crippen LogP contribution in [-0.2, 0) is 11.2 Å². The molecule has 4 N–H and O–H groups in total. The number of fused-ring (bicyclic) bond motifs is 1. The lowest BCUT2D eigenvalue weighted by atomic mass is 10.1. The second-order valence-corrected chi connectivity index (χ2v) is 3.70. The summed E-state index contributed by atoms with van der Waals surface area (Å²) in [5, 5.41) is 9.71. The summed E-state index contributed by atoms with van der Waals surface area (Å²) in [5.74, 6) is -0.960. The van der Waals surface area contributed by atoms with Crippen LogP contribution in [0, 0.1) is 0 Å². The number of aromatic nitrogens is 2. The maximum Gasteiger partial charge on any atom is 0.320 e. The zero-order valence-corrected chi connectivity index (χ0v) is 8.68. The van der Waals surface area contributed by atoms with Crippen LogP contribution in [-0.4, -0.2) is 27.1 Å². The summed E-state index contributed by atoms with van der Waals surface area (Å²) in [6, 6.07) is 3.01. The van der Waals surface area contributed by atoms with Gasteiger partial charge < -0.3 is 15.8 Å². The van der Waals surface area contributed by atoms with Crippen molar-refractivity contribution in [1.82, 2.24) is 9.97 Å².